The number of cyclic esters (lactones) is 1. The van der Waals surface area contributed by atoms with E-state index in [0.717, 1.165) is 22.1 Å². The van der Waals surface area contributed by atoms with Crippen LogP contribution >= 0.6 is 0 Å². The van der Waals surface area contributed by atoms with Crippen LogP contribution in [0.1, 0.15) is 72.0 Å². The number of pyridine rings is 2. The minimum Gasteiger partial charge on any atom is -0.458 e. The second-order valence-electron chi connectivity index (χ2n) is 11.7. The summed E-state index contributed by atoms with van der Waals surface area (Å²) >= 11 is 0. The molecular weight excluding hydrogens is 531 g/mol. The van der Waals surface area contributed by atoms with Gasteiger partial charge in [0, 0.05) is 29.1 Å². The van der Waals surface area contributed by atoms with Crippen LogP contribution in [0.5, 0.6) is 0 Å². The molecule has 5 heterocycles. The lowest BCUT2D eigenvalue weighted by Crippen LogP contribution is -2.44. The topological polar surface area (TPSA) is 143 Å². The van der Waals surface area contributed by atoms with Gasteiger partial charge in [-0.05, 0) is 55.4 Å². The van der Waals surface area contributed by atoms with Crippen LogP contribution in [0.15, 0.2) is 16.9 Å². The molecule has 4 atom stereocenters. The molecule has 3 aromatic rings. The van der Waals surface area contributed by atoms with Crippen LogP contribution < -0.4 is 16.2 Å². The molecule has 0 unspecified atom stereocenters. The third kappa shape index (κ3) is 3.72. The average Bonchev–Trinajstić information content (AvgIpc) is 3.54. The van der Waals surface area contributed by atoms with E-state index in [4.69, 9.17) is 9.72 Å². The van der Waals surface area contributed by atoms with Crippen molar-refractivity contribution in [3.05, 3.63) is 61.7 Å². The van der Waals surface area contributed by atoms with E-state index < -0.39 is 29.8 Å². The number of halogens is 1. The van der Waals surface area contributed by atoms with Gasteiger partial charge in [0.1, 0.15) is 12.4 Å². The second-order valence-corrected chi connectivity index (χ2v) is 11.7. The average molecular weight is 563 g/mol. The number of fused-ring (bicyclic) bond motifs is 5. The van der Waals surface area contributed by atoms with Crippen molar-refractivity contribution in [2.45, 2.75) is 82.9 Å². The van der Waals surface area contributed by atoms with Crippen molar-refractivity contribution in [1.82, 2.24) is 20.2 Å². The molecule has 4 aliphatic rings. The van der Waals surface area contributed by atoms with Crippen LogP contribution in [0.4, 0.5) is 4.39 Å². The number of rotatable bonds is 4. The number of aryl methyl sites for hydroxylation is 1. The minimum absolute atomic E-state index is 0.0941. The fourth-order valence-electron chi connectivity index (χ4n) is 7.15. The van der Waals surface area contributed by atoms with E-state index in [0.29, 0.717) is 54.7 Å². The Bertz CT molecular complexity index is 1730. The number of ether oxygens (including phenoxy) is 1. The van der Waals surface area contributed by atoms with Gasteiger partial charge in [-0.15, -0.1) is 0 Å². The summed E-state index contributed by atoms with van der Waals surface area (Å²) in [5, 5.41) is 28.3. The van der Waals surface area contributed by atoms with Gasteiger partial charge in [0.05, 0.1) is 47.2 Å². The van der Waals surface area contributed by atoms with Gasteiger partial charge in [-0.1, -0.05) is 13.3 Å². The first kappa shape index (κ1) is 26.2. The number of hydrogen-bond donors (Lipinski definition) is 4. The van der Waals surface area contributed by atoms with Crippen LogP contribution in [0.2, 0.25) is 0 Å². The summed E-state index contributed by atoms with van der Waals surface area (Å²) in [5.41, 5.74) is 2.38. The van der Waals surface area contributed by atoms with Crippen LogP contribution in [0.3, 0.4) is 0 Å². The predicted octanol–water partition coefficient (Wildman–Crippen LogP) is 1.74. The second kappa shape index (κ2) is 9.17. The summed E-state index contributed by atoms with van der Waals surface area (Å²) in [6.07, 6.45) is 1.39. The lowest BCUT2D eigenvalue weighted by Gasteiger charge is -2.32. The van der Waals surface area contributed by atoms with Crippen molar-refractivity contribution in [3.63, 3.8) is 0 Å². The Hall–Kier alpha value is -3.67. The summed E-state index contributed by atoms with van der Waals surface area (Å²) in [7, 11) is 0. The molecule has 1 aliphatic carbocycles. The number of carbonyl (C=O) groups excluding carboxylic acids is 2. The molecule has 1 amide bonds. The van der Waals surface area contributed by atoms with E-state index in [1.165, 1.54) is 6.07 Å². The molecule has 2 aromatic heterocycles. The Morgan fingerprint density at radius 2 is 2.10 bits per heavy atom. The SMILES string of the molecule is CCC[C@@]1(O)C(=O)OCc2c1cc1n(c2=O)Cc2c-1nc1cc(F)c(C)c3c1c2[C@@H](NC(=O)[C@@H]1C[C@@H](O)CN1)CC3. The lowest BCUT2D eigenvalue weighted by atomic mass is 9.81. The Balaban J connectivity index is 1.43. The number of β-amino-alcohol motifs (C(OH)–C–C–N with tert-alkyl or cyclic N) is 1. The highest BCUT2D eigenvalue weighted by molar-refractivity contribution is 5.94. The largest absolute Gasteiger partial charge is 0.458 e. The van der Waals surface area contributed by atoms with Gasteiger partial charge in [-0.3, -0.25) is 9.59 Å². The predicted molar refractivity (Wildman–Crippen MR) is 145 cm³/mol. The van der Waals surface area contributed by atoms with Gasteiger partial charge in [0.2, 0.25) is 5.91 Å². The lowest BCUT2D eigenvalue weighted by molar-refractivity contribution is -0.172. The first-order valence-electron chi connectivity index (χ1n) is 14.2. The molecule has 10 nitrogen and oxygen atoms in total. The fourth-order valence-corrected chi connectivity index (χ4v) is 7.15. The normalized spacial score (nSPS) is 26.0. The number of aromatic nitrogens is 2. The van der Waals surface area contributed by atoms with Crippen molar-refractivity contribution in [2.24, 2.45) is 0 Å². The number of aliphatic hydroxyl groups excluding tert-OH is 1. The van der Waals surface area contributed by atoms with Gasteiger partial charge in [-0.25, -0.2) is 14.2 Å². The van der Waals surface area contributed by atoms with Crippen molar-refractivity contribution in [3.8, 4) is 11.4 Å². The molecule has 1 fully saturated rings. The highest BCUT2D eigenvalue weighted by atomic mass is 19.1. The van der Waals surface area contributed by atoms with Crippen LogP contribution in [-0.4, -0.2) is 50.3 Å². The maximum absolute atomic E-state index is 15.1. The number of amides is 1. The number of nitrogens with one attached hydrogen (secondary N) is 2. The quantitative estimate of drug-likeness (QED) is 0.276. The molecule has 214 valence electrons. The van der Waals surface area contributed by atoms with E-state index in [-0.39, 0.29) is 48.0 Å². The Morgan fingerprint density at radius 1 is 1.29 bits per heavy atom. The molecule has 1 saturated heterocycles. The third-order valence-electron chi connectivity index (χ3n) is 9.22. The zero-order valence-electron chi connectivity index (χ0n) is 22.8. The molecule has 3 aliphatic heterocycles. The van der Waals surface area contributed by atoms with E-state index in [2.05, 4.69) is 10.6 Å². The van der Waals surface area contributed by atoms with E-state index in [1.807, 2.05) is 6.92 Å². The van der Waals surface area contributed by atoms with Crippen molar-refractivity contribution in [1.29, 1.82) is 0 Å². The van der Waals surface area contributed by atoms with E-state index >= 15 is 4.39 Å². The summed E-state index contributed by atoms with van der Waals surface area (Å²) in [6.45, 7) is 3.86. The highest BCUT2D eigenvalue weighted by Crippen LogP contribution is 2.46. The third-order valence-corrected chi connectivity index (χ3v) is 9.22. The van der Waals surface area contributed by atoms with Crippen molar-refractivity contribution < 1.29 is 28.9 Å². The molecule has 0 saturated carbocycles. The van der Waals surface area contributed by atoms with Crippen LogP contribution in [0, 0.1) is 12.7 Å². The standard InChI is InChI=1S/C30H31FN4O6/c1-3-6-30(40)18-8-23-26-16(11-35(23)28(38)17(18)12-41-29(30)39)25-20(34-27(37)22-7-14(36)10-32-22)5-4-15-13(2)19(31)9-21(33-26)24(15)25/h8-9,14,20,22,32,36,40H,3-7,10-12H2,1-2H3,(H,34,37)/t14-,20+,22+,30+/m1/s1. The highest BCUT2D eigenvalue weighted by Gasteiger charge is 2.46. The zero-order valence-corrected chi connectivity index (χ0v) is 22.8. The van der Waals surface area contributed by atoms with Crippen LogP contribution in [0.25, 0.3) is 22.3 Å². The molecule has 0 spiro atoms. The molecule has 7 rings (SSSR count). The fraction of sp³-hybridized carbons (Fsp3) is 0.467. The molecule has 4 N–H and O–H groups in total. The van der Waals surface area contributed by atoms with E-state index in [9.17, 15) is 24.6 Å². The number of esters is 1. The van der Waals surface area contributed by atoms with Gasteiger partial charge in [-0.2, -0.15) is 0 Å². The van der Waals surface area contributed by atoms with Crippen molar-refractivity contribution >= 4 is 22.8 Å². The monoisotopic (exact) mass is 562 g/mol. The van der Waals surface area contributed by atoms with Gasteiger partial charge >= 0.3 is 5.97 Å². The first-order chi connectivity index (χ1) is 19.6. The van der Waals surface area contributed by atoms with Crippen LogP contribution in [-0.2, 0) is 39.5 Å². The summed E-state index contributed by atoms with van der Waals surface area (Å²) < 4.78 is 21.9. The Morgan fingerprint density at radius 3 is 2.83 bits per heavy atom. The Labute approximate surface area is 234 Å². The Kier molecular flexibility index (Phi) is 5.87. The molecular formula is C30H31FN4O6. The smallest absolute Gasteiger partial charge is 0.343 e. The number of benzene rings is 1. The number of carbonyl (C=O) groups is 2. The minimum atomic E-state index is -1.95. The molecule has 11 heteroatoms. The van der Waals surface area contributed by atoms with Crippen molar-refractivity contribution in [2.75, 3.05) is 6.54 Å². The maximum atomic E-state index is 15.1. The zero-order chi connectivity index (χ0) is 28.8. The maximum Gasteiger partial charge on any atom is 0.343 e. The first-order valence-corrected chi connectivity index (χ1v) is 14.2. The van der Waals surface area contributed by atoms with Gasteiger partial charge < -0.3 is 30.2 Å². The number of aliphatic hydroxyl groups is 2. The molecule has 0 bridgehead atoms. The summed E-state index contributed by atoms with van der Waals surface area (Å²) in [4.78, 5) is 44.6. The molecule has 1 aromatic carbocycles. The summed E-state index contributed by atoms with van der Waals surface area (Å²) in [6, 6.07) is 2.10. The number of nitrogens with zero attached hydrogens (tertiary/aromatic N) is 2. The number of hydrogen-bond acceptors (Lipinski definition) is 8. The molecule has 0 radical (unpaired) electrons. The summed E-state index contributed by atoms with van der Waals surface area (Å²) in [5.74, 6) is -1.39. The van der Waals surface area contributed by atoms with Gasteiger partial charge in [0.15, 0.2) is 5.60 Å². The molecule has 41 heavy (non-hydrogen) atoms. The van der Waals surface area contributed by atoms with Gasteiger partial charge in [0.25, 0.3) is 5.56 Å². The van der Waals surface area contributed by atoms with E-state index in [1.54, 1.807) is 17.6 Å².